The second kappa shape index (κ2) is 3.94. The Bertz CT molecular complexity index is 210. The van der Waals surface area contributed by atoms with Gasteiger partial charge < -0.3 is 5.11 Å². The number of nitrogens with zero attached hydrogens (tertiary/aromatic N) is 1. The summed E-state index contributed by atoms with van der Waals surface area (Å²) in [4.78, 5) is 12.7. The smallest absolute Gasteiger partial charge is 0.322 e. The Morgan fingerprint density at radius 1 is 1.67 bits per heavy atom. The van der Waals surface area contributed by atoms with Gasteiger partial charge in [-0.1, -0.05) is 0 Å². The molecule has 1 aliphatic rings. The van der Waals surface area contributed by atoms with E-state index < -0.39 is 23.3 Å². The van der Waals surface area contributed by atoms with Crippen molar-refractivity contribution in [1.29, 1.82) is 0 Å². The fourth-order valence-corrected chi connectivity index (χ4v) is 1.65. The van der Waals surface area contributed by atoms with Crippen molar-refractivity contribution in [2.45, 2.75) is 18.9 Å². The molecule has 0 aliphatic carbocycles. The lowest BCUT2D eigenvalue weighted by molar-refractivity contribution is -0.142. The maximum absolute atomic E-state index is 10.5. The minimum absolute atomic E-state index is 0.489. The number of nitrogens with one attached hydrogen (secondary N) is 1. The van der Waals surface area contributed by atoms with Gasteiger partial charge in [-0.3, -0.25) is 9.35 Å². The molecule has 0 radical (unpaired) electrons. The molecule has 70 valence electrons. The highest BCUT2D eigenvalue weighted by atomic mass is 32.2. The Labute approximate surface area is 71.9 Å². The van der Waals surface area contributed by atoms with Crippen LogP contribution in [0.5, 0.6) is 0 Å². The predicted molar refractivity (Wildman–Crippen MR) is 41.3 cm³/mol. The minimum Gasteiger partial charge on any atom is -0.480 e. The highest BCUT2D eigenvalue weighted by Crippen LogP contribution is 2.14. The average Bonchev–Trinajstić information content (AvgIpc) is 2.33. The van der Waals surface area contributed by atoms with Crippen molar-refractivity contribution < 1.29 is 18.7 Å². The Morgan fingerprint density at radius 2 is 2.33 bits per heavy atom. The highest BCUT2D eigenvalue weighted by Gasteiger charge is 2.31. The Kier molecular flexibility index (Phi) is 3.15. The second-order valence-electron chi connectivity index (χ2n) is 2.53. The van der Waals surface area contributed by atoms with Crippen molar-refractivity contribution in [1.82, 2.24) is 9.84 Å². The van der Waals surface area contributed by atoms with Gasteiger partial charge in [0.25, 0.3) is 0 Å². The monoisotopic (exact) mass is 194 g/mol. The van der Waals surface area contributed by atoms with E-state index in [1.807, 2.05) is 0 Å². The van der Waals surface area contributed by atoms with Crippen LogP contribution in [0, 0.1) is 0 Å². The molecule has 1 heterocycles. The predicted octanol–water partition coefficient (Wildman–Crippen LogP) is -0.823. The Morgan fingerprint density at radius 3 is 2.83 bits per heavy atom. The lowest BCUT2D eigenvalue weighted by Gasteiger charge is -2.18. The summed E-state index contributed by atoms with van der Waals surface area (Å²) in [6.07, 6.45) is 1.24. The van der Waals surface area contributed by atoms with E-state index in [0.717, 1.165) is 6.42 Å². The van der Waals surface area contributed by atoms with Gasteiger partial charge in [0, 0.05) is 6.54 Å². The van der Waals surface area contributed by atoms with Crippen molar-refractivity contribution in [3.8, 4) is 0 Å². The third-order valence-corrected chi connectivity index (χ3v) is 2.12. The number of carboxylic acid groups (broad SMARTS) is 1. The summed E-state index contributed by atoms with van der Waals surface area (Å²) < 4.78 is 18.7. The molecular weight excluding hydrogens is 184 g/mol. The van der Waals surface area contributed by atoms with Gasteiger partial charge in [-0.2, -0.15) is 0 Å². The fourth-order valence-electron chi connectivity index (χ4n) is 1.23. The third kappa shape index (κ3) is 2.24. The van der Waals surface area contributed by atoms with E-state index in [2.05, 4.69) is 4.83 Å². The summed E-state index contributed by atoms with van der Waals surface area (Å²) in [6, 6.07) is -0.680. The minimum atomic E-state index is -2.18. The summed E-state index contributed by atoms with van der Waals surface area (Å²) in [7, 11) is 0. The molecule has 6 nitrogen and oxygen atoms in total. The number of carbonyl (C=O) groups is 1. The molecule has 1 saturated heterocycles. The zero-order valence-electron chi connectivity index (χ0n) is 6.27. The summed E-state index contributed by atoms with van der Waals surface area (Å²) >= 11 is -2.18. The van der Waals surface area contributed by atoms with E-state index in [9.17, 15) is 9.00 Å². The van der Waals surface area contributed by atoms with E-state index in [4.69, 9.17) is 9.66 Å². The molecule has 0 aromatic heterocycles. The van der Waals surface area contributed by atoms with E-state index in [1.165, 1.54) is 5.01 Å². The van der Waals surface area contributed by atoms with Crippen LogP contribution in [-0.4, -0.2) is 37.4 Å². The van der Waals surface area contributed by atoms with Crippen LogP contribution in [-0.2, 0) is 16.1 Å². The third-order valence-electron chi connectivity index (χ3n) is 1.73. The van der Waals surface area contributed by atoms with Crippen LogP contribution < -0.4 is 4.83 Å². The topological polar surface area (TPSA) is 89.9 Å². The first-order valence-electron chi connectivity index (χ1n) is 3.48. The molecule has 12 heavy (non-hydrogen) atoms. The van der Waals surface area contributed by atoms with Crippen molar-refractivity contribution in [3.05, 3.63) is 0 Å². The largest absolute Gasteiger partial charge is 0.480 e. The summed E-state index contributed by atoms with van der Waals surface area (Å²) in [6.45, 7) is 0.489. The van der Waals surface area contributed by atoms with E-state index in [1.54, 1.807) is 0 Å². The molecule has 0 aromatic rings. The Hall–Kier alpha value is -0.500. The van der Waals surface area contributed by atoms with Gasteiger partial charge in [0.1, 0.15) is 6.04 Å². The van der Waals surface area contributed by atoms with Gasteiger partial charge in [-0.05, 0) is 12.8 Å². The molecule has 0 aromatic carbocycles. The molecule has 0 amide bonds. The van der Waals surface area contributed by atoms with Crippen LogP contribution in [0.1, 0.15) is 12.8 Å². The summed E-state index contributed by atoms with van der Waals surface area (Å²) in [5.41, 5.74) is 0. The molecule has 2 atom stereocenters. The van der Waals surface area contributed by atoms with E-state index in [-0.39, 0.29) is 0 Å². The molecule has 0 saturated carbocycles. The van der Waals surface area contributed by atoms with Crippen LogP contribution in [0.25, 0.3) is 0 Å². The summed E-state index contributed by atoms with van der Waals surface area (Å²) in [5, 5.41) is 9.91. The fraction of sp³-hybridized carbons (Fsp3) is 0.800. The van der Waals surface area contributed by atoms with E-state index in [0.29, 0.717) is 13.0 Å². The van der Waals surface area contributed by atoms with Crippen LogP contribution >= 0.6 is 0 Å². The maximum atomic E-state index is 10.5. The lowest BCUT2D eigenvalue weighted by atomic mass is 10.2. The van der Waals surface area contributed by atoms with Crippen molar-refractivity contribution in [2.75, 3.05) is 6.54 Å². The average molecular weight is 194 g/mol. The zero-order valence-corrected chi connectivity index (χ0v) is 7.08. The van der Waals surface area contributed by atoms with Gasteiger partial charge in [0.2, 0.25) is 11.3 Å². The van der Waals surface area contributed by atoms with Gasteiger partial charge >= 0.3 is 5.97 Å². The standard InChI is InChI=1S/C5H10N2O4S/c8-5(9)4-2-1-3-7(4)6-12(10)11/h4,6H,1-3H2,(H,8,9)(H,10,11)/t4-/m0/s1. The SMILES string of the molecule is O=C(O)[C@@H]1CCCN1NS(=O)O. The highest BCUT2D eigenvalue weighted by molar-refractivity contribution is 7.77. The van der Waals surface area contributed by atoms with Crippen LogP contribution in [0.2, 0.25) is 0 Å². The molecule has 3 N–H and O–H groups in total. The first-order chi connectivity index (χ1) is 5.61. The van der Waals surface area contributed by atoms with Crippen molar-refractivity contribution in [3.63, 3.8) is 0 Å². The van der Waals surface area contributed by atoms with Gasteiger partial charge in [-0.15, -0.1) is 4.83 Å². The van der Waals surface area contributed by atoms with Crippen LogP contribution in [0.3, 0.4) is 0 Å². The van der Waals surface area contributed by atoms with Gasteiger partial charge in [0.15, 0.2) is 0 Å². The number of rotatable bonds is 3. The lowest BCUT2D eigenvalue weighted by Crippen LogP contribution is -2.45. The number of carboxylic acids is 1. The molecule has 1 rings (SSSR count). The first-order valence-corrected chi connectivity index (χ1v) is 4.58. The molecule has 1 fully saturated rings. The van der Waals surface area contributed by atoms with Crippen molar-refractivity contribution in [2.24, 2.45) is 0 Å². The first kappa shape index (κ1) is 9.59. The van der Waals surface area contributed by atoms with Crippen LogP contribution in [0.15, 0.2) is 0 Å². The Balaban J connectivity index is 2.52. The van der Waals surface area contributed by atoms with Crippen molar-refractivity contribution >= 4 is 17.2 Å². The van der Waals surface area contributed by atoms with Crippen LogP contribution in [0.4, 0.5) is 0 Å². The van der Waals surface area contributed by atoms with Gasteiger partial charge in [0.05, 0.1) is 0 Å². The number of hydrogen-bond acceptors (Lipinski definition) is 3. The molecule has 1 unspecified atom stereocenters. The molecular formula is C5H10N2O4S. The quantitative estimate of drug-likeness (QED) is 0.510. The number of aliphatic carboxylic acids is 1. The maximum Gasteiger partial charge on any atom is 0.322 e. The van der Waals surface area contributed by atoms with E-state index >= 15 is 0 Å². The molecule has 1 aliphatic heterocycles. The number of hydrogen-bond donors (Lipinski definition) is 3. The zero-order chi connectivity index (χ0) is 9.14. The molecule has 7 heteroatoms. The summed E-state index contributed by atoms with van der Waals surface area (Å²) in [5.74, 6) is -0.967. The normalized spacial score (nSPS) is 27.2. The number of hydrazine groups is 1. The second-order valence-corrected chi connectivity index (χ2v) is 3.21. The van der Waals surface area contributed by atoms with Gasteiger partial charge in [-0.25, -0.2) is 9.22 Å². The molecule has 0 spiro atoms. The molecule has 0 bridgehead atoms.